The number of nitrogens with zero attached hydrogens (tertiary/aromatic N) is 4. The van der Waals surface area contributed by atoms with Crippen LogP contribution in [0.2, 0.25) is 10.0 Å². The second-order valence-corrected chi connectivity index (χ2v) is 7.46. The van der Waals surface area contributed by atoms with Gasteiger partial charge in [0.15, 0.2) is 5.41 Å². The van der Waals surface area contributed by atoms with Crippen LogP contribution in [0.5, 0.6) is 0 Å². The first-order valence-electron chi connectivity index (χ1n) is 8.54. The molecule has 3 rings (SSSR count). The summed E-state index contributed by atoms with van der Waals surface area (Å²) in [5.74, 6) is -0.896. The van der Waals surface area contributed by atoms with Gasteiger partial charge in [-0.25, -0.2) is 0 Å². The summed E-state index contributed by atoms with van der Waals surface area (Å²) in [5, 5.41) is 30.5. The van der Waals surface area contributed by atoms with Crippen molar-refractivity contribution in [2.45, 2.75) is 12.8 Å². The summed E-state index contributed by atoms with van der Waals surface area (Å²) < 4.78 is 0. The Morgan fingerprint density at radius 1 is 1.26 bits per heavy atom. The maximum absolute atomic E-state index is 10.0. The van der Waals surface area contributed by atoms with Crippen LogP contribution in [0.15, 0.2) is 41.1 Å². The lowest BCUT2D eigenvalue weighted by atomic mass is 9.57. The lowest BCUT2D eigenvalue weighted by Gasteiger charge is -2.45. The van der Waals surface area contributed by atoms with Crippen LogP contribution in [0, 0.1) is 45.3 Å². The number of benzene rings is 1. The number of nitrogens with two attached hydrogens (primary N) is 1. The predicted molar refractivity (Wildman–Crippen MR) is 103 cm³/mol. The Hall–Kier alpha value is -2.49. The van der Waals surface area contributed by atoms with Gasteiger partial charge in [-0.15, -0.1) is 0 Å². The van der Waals surface area contributed by atoms with E-state index in [4.69, 9.17) is 28.9 Å². The Labute approximate surface area is 168 Å². The Morgan fingerprint density at radius 3 is 2.56 bits per heavy atom. The van der Waals surface area contributed by atoms with Gasteiger partial charge in [0.1, 0.15) is 0 Å². The minimum atomic E-state index is -1.73. The highest BCUT2D eigenvalue weighted by atomic mass is 35.5. The topological polar surface area (TPSA) is 101 Å². The van der Waals surface area contributed by atoms with Gasteiger partial charge in [0.2, 0.25) is 0 Å². The van der Waals surface area contributed by atoms with Gasteiger partial charge in [0.05, 0.1) is 39.5 Å². The summed E-state index contributed by atoms with van der Waals surface area (Å²) in [5.41, 5.74) is 6.15. The number of allylic oxidation sites excluding steroid dienone is 2. The van der Waals surface area contributed by atoms with Gasteiger partial charge in [-0.1, -0.05) is 48.3 Å². The molecule has 2 aliphatic rings. The van der Waals surface area contributed by atoms with Gasteiger partial charge in [-0.2, -0.15) is 15.8 Å². The molecule has 0 fully saturated rings. The highest BCUT2D eigenvalue weighted by molar-refractivity contribution is 6.42. The number of hydrogen-bond acceptors (Lipinski definition) is 5. The summed E-state index contributed by atoms with van der Waals surface area (Å²) in [6.45, 7) is 4.17. The van der Waals surface area contributed by atoms with E-state index in [1.165, 1.54) is 0 Å². The van der Waals surface area contributed by atoms with Gasteiger partial charge in [0.25, 0.3) is 0 Å². The molecule has 2 atom stereocenters. The molecule has 0 aromatic heterocycles. The Balaban J connectivity index is 2.37. The second kappa shape index (κ2) is 7.26. The van der Waals surface area contributed by atoms with Crippen LogP contribution < -0.4 is 5.73 Å². The minimum absolute atomic E-state index is 0.0130. The number of halogens is 2. The van der Waals surface area contributed by atoms with Crippen molar-refractivity contribution in [3.05, 3.63) is 56.7 Å². The monoisotopic (exact) mass is 397 g/mol. The molecule has 0 bridgehead atoms. The summed E-state index contributed by atoms with van der Waals surface area (Å²) in [6, 6.07) is 11.4. The van der Waals surface area contributed by atoms with Crippen LogP contribution >= 0.6 is 23.2 Å². The average Bonchev–Trinajstić information content (AvgIpc) is 2.69. The summed E-state index contributed by atoms with van der Waals surface area (Å²) >= 11 is 12.7. The number of fused-ring (bicyclic) bond motifs is 1. The fourth-order valence-electron chi connectivity index (χ4n) is 4.13. The van der Waals surface area contributed by atoms with E-state index in [1.54, 1.807) is 18.2 Å². The molecule has 0 spiro atoms. The van der Waals surface area contributed by atoms with Crippen LogP contribution in [-0.2, 0) is 0 Å². The maximum Gasteiger partial charge on any atom is 0.187 e. The van der Waals surface area contributed by atoms with E-state index in [0.717, 1.165) is 12.1 Å². The van der Waals surface area contributed by atoms with E-state index in [1.807, 2.05) is 19.1 Å². The molecule has 1 aliphatic heterocycles. The molecular weight excluding hydrogens is 381 g/mol. The van der Waals surface area contributed by atoms with Gasteiger partial charge in [-0.3, -0.25) is 4.90 Å². The molecule has 27 heavy (non-hydrogen) atoms. The van der Waals surface area contributed by atoms with Crippen LogP contribution in [-0.4, -0.2) is 24.5 Å². The first-order valence-corrected chi connectivity index (χ1v) is 9.30. The molecule has 0 saturated carbocycles. The van der Waals surface area contributed by atoms with E-state index >= 15 is 0 Å². The number of likely N-dealkylation sites (N-methyl/N-ethyl adjacent to an activating group) is 1. The third kappa shape index (κ3) is 2.78. The molecule has 136 valence electrons. The number of nitriles is 3. The SMILES string of the molecule is CCN1CC=C2C(N)=C(C#N)C(C#N)(C#N)[C@@H](c3cccc(Cl)c3Cl)C2C1. The fourth-order valence-corrected chi connectivity index (χ4v) is 4.56. The van der Waals surface area contributed by atoms with Crippen molar-refractivity contribution in [2.75, 3.05) is 19.6 Å². The largest absolute Gasteiger partial charge is 0.398 e. The zero-order valence-electron chi connectivity index (χ0n) is 14.7. The molecule has 2 N–H and O–H groups in total. The van der Waals surface area contributed by atoms with E-state index in [-0.39, 0.29) is 17.2 Å². The second-order valence-electron chi connectivity index (χ2n) is 6.67. The number of rotatable bonds is 2. The molecule has 1 heterocycles. The lowest BCUT2D eigenvalue weighted by Crippen LogP contribution is -2.47. The molecule has 0 radical (unpaired) electrons. The Bertz CT molecular complexity index is 960. The van der Waals surface area contributed by atoms with Crippen molar-refractivity contribution in [3.63, 3.8) is 0 Å². The average molecular weight is 398 g/mol. The zero-order valence-corrected chi connectivity index (χ0v) is 16.2. The molecule has 0 amide bonds. The fraction of sp³-hybridized carbons (Fsp3) is 0.350. The van der Waals surface area contributed by atoms with Crippen LogP contribution in [0.25, 0.3) is 0 Å². The zero-order chi connectivity index (χ0) is 19.8. The molecule has 0 saturated heterocycles. The minimum Gasteiger partial charge on any atom is -0.398 e. The molecular formula is C20H17Cl2N5. The smallest absolute Gasteiger partial charge is 0.187 e. The van der Waals surface area contributed by atoms with Gasteiger partial charge in [0, 0.05) is 24.9 Å². The molecule has 5 nitrogen and oxygen atoms in total. The quantitative estimate of drug-likeness (QED) is 0.818. The van der Waals surface area contributed by atoms with Crippen molar-refractivity contribution in [3.8, 4) is 18.2 Å². The third-order valence-corrected chi connectivity index (χ3v) is 6.33. The summed E-state index contributed by atoms with van der Waals surface area (Å²) in [4.78, 5) is 2.20. The Kier molecular flexibility index (Phi) is 5.18. The normalized spacial score (nSPS) is 24.2. The van der Waals surface area contributed by atoms with Crippen molar-refractivity contribution in [1.29, 1.82) is 15.8 Å². The van der Waals surface area contributed by atoms with Gasteiger partial charge < -0.3 is 5.73 Å². The number of hydrogen-bond donors (Lipinski definition) is 1. The van der Waals surface area contributed by atoms with Crippen LogP contribution in [0.4, 0.5) is 0 Å². The van der Waals surface area contributed by atoms with E-state index in [0.29, 0.717) is 28.7 Å². The van der Waals surface area contributed by atoms with E-state index in [2.05, 4.69) is 17.0 Å². The first kappa shape index (κ1) is 19.3. The highest BCUT2D eigenvalue weighted by Crippen LogP contribution is 2.56. The van der Waals surface area contributed by atoms with Crippen molar-refractivity contribution >= 4 is 23.2 Å². The first-order chi connectivity index (χ1) is 12.9. The lowest BCUT2D eigenvalue weighted by molar-refractivity contribution is 0.216. The summed E-state index contributed by atoms with van der Waals surface area (Å²) in [6.07, 6.45) is 1.98. The molecule has 1 unspecified atom stereocenters. The van der Waals surface area contributed by atoms with Crippen molar-refractivity contribution in [1.82, 2.24) is 4.90 Å². The standard InChI is InChI=1S/C20H17Cl2N5/c1-2-27-7-6-12-14(9-27)17(13-4-3-5-16(21)18(13)22)20(10-24,11-25)15(8-23)19(12)26/h3-6,14,17H,2,7,9,26H2,1H3/t14?,17-/m0/s1. The molecule has 1 aromatic rings. The highest BCUT2D eigenvalue weighted by Gasteiger charge is 2.55. The van der Waals surface area contributed by atoms with Gasteiger partial charge >= 0.3 is 0 Å². The van der Waals surface area contributed by atoms with Crippen LogP contribution in [0.1, 0.15) is 18.4 Å². The van der Waals surface area contributed by atoms with Crippen molar-refractivity contribution in [2.24, 2.45) is 17.1 Å². The van der Waals surface area contributed by atoms with E-state index < -0.39 is 11.3 Å². The Morgan fingerprint density at radius 2 is 1.96 bits per heavy atom. The molecule has 7 heteroatoms. The molecule has 1 aliphatic carbocycles. The summed E-state index contributed by atoms with van der Waals surface area (Å²) in [7, 11) is 0. The van der Waals surface area contributed by atoms with Crippen molar-refractivity contribution < 1.29 is 0 Å². The third-order valence-electron chi connectivity index (χ3n) is 5.50. The van der Waals surface area contributed by atoms with Crippen LogP contribution in [0.3, 0.4) is 0 Å². The molecule has 1 aromatic carbocycles. The van der Waals surface area contributed by atoms with Gasteiger partial charge in [-0.05, 0) is 23.7 Å². The maximum atomic E-state index is 10.0. The predicted octanol–water partition coefficient (Wildman–Crippen LogP) is 3.74. The van der Waals surface area contributed by atoms with E-state index in [9.17, 15) is 15.8 Å².